The molecular formula is C23H47NO4. The number of nitrogens with zero attached hydrogens (tertiary/aromatic N) is 1. The summed E-state index contributed by atoms with van der Waals surface area (Å²) in [6.45, 7) is 18.5. The summed E-state index contributed by atoms with van der Waals surface area (Å²) in [4.78, 5) is 0. The Balaban J connectivity index is 2.33. The zero-order valence-corrected chi connectivity index (χ0v) is 19.8. The zero-order chi connectivity index (χ0) is 21.4. The first-order valence-corrected chi connectivity index (χ1v) is 11.4. The van der Waals surface area contributed by atoms with Crippen molar-refractivity contribution in [2.24, 2.45) is 0 Å². The van der Waals surface area contributed by atoms with E-state index in [1.54, 1.807) is 0 Å². The van der Waals surface area contributed by atoms with Gasteiger partial charge in [0, 0.05) is 24.3 Å². The SMILES string of the molecule is CCC(C)OCCCCOC(C)CC(CC)OC1CC(C)(C)N(O)C(C)(C)C1. The number of piperidine rings is 1. The van der Waals surface area contributed by atoms with Gasteiger partial charge < -0.3 is 19.4 Å². The largest absolute Gasteiger partial charge is 0.379 e. The van der Waals surface area contributed by atoms with Crippen molar-refractivity contribution in [3.05, 3.63) is 0 Å². The van der Waals surface area contributed by atoms with Gasteiger partial charge in [-0.15, -0.1) is 0 Å². The summed E-state index contributed by atoms with van der Waals surface area (Å²) >= 11 is 0. The Morgan fingerprint density at radius 3 is 1.86 bits per heavy atom. The van der Waals surface area contributed by atoms with Crippen LogP contribution in [0.3, 0.4) is 0 Å². The van der Waals surface area contributed by atoms with Gasteiger partial charge >= 0.3 is 0 Å². The highest BCUT2D eigenvalue weighted by Gasteiger charge is 2.45. The van der Waals surface area contributed by atoms with E-state index >= 15 is 0 Å². The average Bonchev–Trinajstić information content (AvgIpc) is 2.61. The highest BCUT2D eigenvalue weighted by molar-refractivity contribution is 4.97. The van der Waals surface area contributed by atoms with Crippen LogP contribution in [-0.2, 0) is 14.2 Å². The molecule has 0 aromatic rings. The summed E-state index contributed by atoms with van der Waals surface area (Å²) < 4.78 is 18.2. The van der Waals surface area contributed by atoms with E-state index in [-0.39, 0.29) is 29.4 Å². The Bertz CT molecular complexity index is 409. The summed E-state index contributed by atoms with van der Waals surface area (Å²) in [7, 11) is 0. The first-order valence-electron chi connectivity index (χ1n) is 11.4. The molecule has 28 heavy (non-hydrogen) atoms. The van der Waals surface area contributed by atoms with Crippen molar-refractivity contribution in [3.63, 3.8) is 0 Å². The third-order valence-corrected chi connectivity index (χ3v) is 5.95. The number of ether oxygens (including phenoxy) is 3. The lowest BCUT2D eigenvalue weighted by atomic mass is 9.80. The molecule has 0 bridgehead atoms. The molecule has 0 amide bonds. The molecule has 1 N–H and O–H groups in total. The van der Waals surface area contributed by atoms with Crippen LogP contribution in [0.5, 0.6) is 0 Å². The zero-order valence-electron chi connectivity index (χ0n) is 19.8. The molecular weight excluding hydrogens is 354 g/mol. The van der Waals surface area contributed by atoms with E-state index in [1.807, 2.05) is 0 Å². The minimum absolute atomic E-state index is 0.170. The maximum atomic E-state index is 10.5. The summed E-state index contributed by atoms with van der Waals surface area (Å²) in [5, 5.41) is 12.0. The quantitative estimate of drug-likeness (QED) is 0.408. The first-order chi connectivity index (χ1) is 13.0. The highest BCUT2D eigenvalue weighted by Crippen LogP contribution is 2.38. The van der Waals surface area contributed by atoms with Crippen molar-refractivity contribution in [1.82, 2.24) is 5.06 Å². The molecule has 0 radical (unpaired) electrons. The fraction of sp³-hybridized carbons (Fsp3) is 1.00. The van der Waals surface area contributed by atoms with Crippen LogP contribution in [0.15, 0.2) is 0 Å². The Morgan fingerprint density at radius 2 is 1.39 bits per heavy atom. The van der Waals surface area contributed by atoms with Gasteiger partial charge in [0.15, 0.2) is 0 Å². The van der Waals surface area contributed by atoms with Gasteiger partial charge in [0.05, 0.1) is 24.4 Å². The van der Waals surface area contributed by atoms with Crippen LogP contribution in [0.4, 0.5) is 0 Å². The van der Waals surface area contributed by atoms with Crippen LogP contribution in [0.25, 0.3) is 0 Å². The molecule has 0 aliphatic carbocycles. The smallest absolute Gasteiger partial charge is 0.0615 e. The summed E-state index contributed by atoms with van der Waals surface area (Å²) in [6.07, 6.45) is 7.66. The van der Waals surface area contributed by atoms with E-state index in [0.29, 0.717) is 6.10 Å². The van der Waals surface area contributed by atoms with E-state index in [9.17, 15) is 5.21 Å². The summed E-state index contributed by atoms with van der Waals surface area (Å²) in [6, 6.07) is 0. The van der Waals surface area contributed by atoms with Gasteiger partial charge in [-0.1, -0.05) is 13.8 Å². The van der Waals surface area contributed by atoms with Crippen molar-refractivity contribution < 1.29 is 19.4 Å². The third-order valence-electron chi connectivity index (χ3n) is 5.95. The van der Waals surface area contributed by atoms with Crippen molar-refractivity contribution in [3.8, 4) is 0 Å². The molecule has 0 aromatic heterocycles. The van der Waals surface area contributed by atoms with Gasteiger partial charge in [-0.2, -0.15) is 5.06 Å². The normalized spacial score (nSPS) is 23.5. The number of rotatable bonds is 13. The van der Waals surface area contributed by atoms with E-state index in [1.165, 1.54) is 5.06 Å². The van der Waals surface area contributed by atoms with Crippen LogP contribution in [0.2, 0.25) is 0 Å². The maximum absolute atomic E-state index is 10.5. The standard InChI is InChI=1S/C23H47NO4/c1-9-18(3)26-13-11-12-14-27-19(4)15-20(10-2)28-21-16-22(5,6)24(25)23(7,8)17-21/h18-21,25H,9-17H2,1-8H3. The number of unbranched alkanes of at least 4 members (excludes halogenated alkanes) is 1. The lowest BCUT2D eigenvalue weighted by Crippen LogP contribution is -2.60. The van der Waals surface area contributed by atoms with Crippen molar-refractivity contribution in [2.45, 2.75) is 136 Å². The molecule has 1 aliphatic rings. The number of hydrogen-bond donors (Lipinski definition) is 1. The molecule has 1 saturated heterocycles. The molecule has 1 heterocycles. The van der Waals surface area contributed by atoms with E-state index in [2.05, 4.69) is 55.4 Å². The van der Waals surface area contributed by atoms with Crippen molar-refractivity contribution >= 4 is 0 Å². The van der Waals surface area contributed by atoms with Crippen LogP contribution < -0.4 is 0 Å². The van der Waals surface area contributed by atoms with Gasteiger partial charge in [0.1, 0.15) is 0 Å². The molecule has 3 atom stereocenters. The van der Waals surface area contributed by atoms with Crippen LogP contribution in [0, 0.1) is 0 Å². The van der Waals surface area contributed by atoms with Gasteiger partial charge in [-0.05, 0) is 86.5 Å². The van der Waals surface area contributed by atoms with Crippen molar-refractivity contribution in [1.29, 1.82) is 0 Å². The molecule has 1 fully saturated rings. The third kappa shape index (κ3) is 8.66. The highest BCUT2D eigenvalue weighted by atomic mass is 16.5. The van der Waals surface area contributed by atoms with Crippen LogP contribution in [0.1, 0.15) is 100 Å². The second-order valence-corrected chi connectivity index (χ2v) is 9.85. The molecule has 0 saturated carbocycles. The average molecular weight is 402 g/mol. The van der Waals surface area contributed by atoms with Gasteiger partial charge in [-0.3, -0.25) is 0 Å². The Kier molecular flexibility index (Phi) is 10.9. The molecule has 0 aromatic carbocycles. The van der Waals surface area contributed by atoms with Gasteiger partial charge in [-0.25, -0.2) is 0 Å². The molecule has 5 heteroatoms. The second kappa shape index (κ2) is 11.8. The van der Waals surface area contributed by atoms with E-state index in [4.69, 9.17) is 14.2 Å². The first kappa shape index (κ1) is 25.8. The second-order valence-electron chi connectivity index (χ2n) is 9.85. The predicted molar refractivity (Wildman–Crippen MR) is 115 cm³/mol. The predicted octanol–water partition coefficient (Wildman–Crippen LogP) is 5.58. The minimum atomic E-state index is -0.274. The Labute approximate surface area is 174 Å². The molecule has 168 valence electrons. The number of hydroxylamine groups is 2. The summed E-state index contributed by atoms with van der Waals surface area (Å²) in [5.74, 6) is 0. The van der Waals surface area contributed by atoms with Gasteiger partial charge in [0.25, 0.3) is 0 Å². The molecule has 1 rings (SSSR count). The van der Waals surface area contributed by atoms with E-state index in [0.717, 1.165) is 58.2 Å². The Hall–Kier alpha value is -0.200. The lowest BCUT2D eigenvalue weighted by Gasteiger charge is -2.51. The summed E-state index contributed by atoms with van der Waals surface area (Å²) in [5.41, 5.74) is -0.547. The van der Waals surface area contributed by atoms with Crippen molar-refractivity contribution in [2.75, 3.05) is 13.2 Å². The molecule has 3 unspecified atom stereocenters. The number of hydrogen-bond acceptors (Lipinski definition) is 5. The molecule has 0 spiro atoms. The fourth-order valence-corrected chi connectivity index (χ4v) is 4.19. The topological polar surface area (TPSA) is 51.2 Å². The van der Waals surface area contributed by atoms with Gasteiger partial charge in [0.2, 0.25) is 0 Å². The van der Waals surface area contributed by atoms with E-state index < -0.39 is 0 Å². The minimum Gasteiger partial charge on any atom is -0.379 e. The molecule has 1 aliphatic heterocycles. The lowest BCUT2D eigenvalue weighted by molar-refractivity contribution is -0.265. The Morgan fingerprint density at radius 1 is 0.893 bits per heavy atom. The fourth-order valence-electron chi connectivity index (χ4n) is 4.19. The van der Waals surface area contributed by atoms with Crippen LogP contribution in [-0.4, -0.2) is 59.0 Å². The maximum Gasteiger partial charge on any atom is 0.0615 e. The molecule has 5 nitrogen and oxygen atoms in total. The monoisotopic (exact) mass is 401 g/mol. The van der Waals surface area contributed by atoms with Crippen LogP contribution >= 0.6 is 0 Å².